The molecular formula is C28H45N3O7. The van der Waals surface area contributed by atoms with Crippen LogP contribution >= 0.6 is 0 Å². The van der Waals surface area contributed by atoms with E-state index in [9.17, 15) is 24.3 Å². The number of alkyl carbamates (subject to hydrolysis) is 1. The van der Waals surface area contributed by atoms with Crippen molar-refractivity contribution in [2.45, 2.75) is 98.9 Å². The number of benzene rings is 1. The number of aryl methyl sites for hydroxylation is 1. The van der Waals surface area contributed by atoms with Crippen molar-refractivity contribution in [2.24, 2.45) is 5.92 Å². The van der Waals surface area contributed by atoms with Gasteiger partial charge < -0.3 is 30.1 Å². The van der Waals surface area contributed by atoms with Gasteiger partial charge in [-0.25, -0.2) is 4.79 Å². The second kappa shape index (κ2) is 13.5. The van der Waals surface area contributed by atoms with Crippen LogP contribution in [0.25, 0.3) is 0 Å². The smallest absolute Gasteiger partial charge is 0.408 e. The fourth-order valence-electron chi connectivity index (χ4n) is 3.86. The first-order valence-corrected chi connectivity index (χ1v) is 12.9. The van der Waals surface area contributed by atoms with Crippen LogP contribution in [0.1, 0.15) is 85.9 Å². The number of phenols is 1. The highest BCUT2D eigenvalue weighted by atomic mass is 16.6. The number of carbonyl (C=O) groups is 4. The van der Waals surface area contributed by atoms with E-state index in [0.29, 0.717) is 5.56 Å². The van der Waals surface area contributed by atoms with Gasteiger partial charge in [0.25, 0.3) is 0 Å². The predicted octanol–water partition coefficient (Wildman–Crippen LogP) is 3.99. The summed E-state index contributed by atoms with van der Waals surface area (Å²) in [6.45, 7) is 17.6. The van der Waals surface area contributed by atoms with Crippen LogP contribution < -0.4 is 10.6 Å². The summed E-state index contributed by atoms with van der Waals surface area (Å²) in [5.41, 5.74) is -0.936. The number of nitrogens with zero attached hydrogens (tertiary/aromatic N) is 1. The maximum absolute atomic E-state index is 14.1. The fourth-order valence-corrected chi connectivity index (χ4v) is 3.86. The molecule has 1 aromatic carbocycles. The molecule has 0 bridgehead atoms. The zero-order valence-electron chi connectivity index (χ0n) is 24.4. The highest BCUT2D eigenvalue weighted by Gasteiger charge is 2.43. The minimum atomic E-state index is -1.26. The highest BCUT2D eigenvalue weighted by Crippen LogP contribution is 2.36. The van der Waals surface area contributed by atoms with E-state index in [1.165, 1.54) is 4.90 Å². The van der Waals surface area contributed by atoms with Gasteiger partial charge >= 0.3 is 12.1 Å². The minimum Gasteiger partial charge on any atom is -0.507 e. The molecule has 0 aliphatic rings. The standard InChI is InChI=1S/C28H45N3O7/c1-11-37-20(32)15-16-29-24(34)22(19-14-12-13-18(4)23(19)33)31(27(5,6)7)25(35)21(17(2)3)30-26(36)38-28(8,9)10/h12-14,17,21-22,33H,11,15-16H2,1-10H3,(H,29,34)(H,30,36). The number of phenolic OH excluding ortho intramolecular Hbond substituents is 1. The molecule has 214 valence electrons. The normalized spacial score (nSPS) is 13.3. The number of carbonyl (C=O) groups excluding carboxylic acids is 4. The summed E-state index contributed by atoms with van der Waals surface area (Å²) in [6.07, 6.45) is -0.808. The van der Waals surface area contributed by atoms with Gasteiger partial charge in [-0.2, -0.15) is 0 Å². The molecule has 0 saturated heterocycles. The van der Waals surface area contributed by atoms with Crippen LogP contribution in [0.5, 0.6) is 5.75 Å². The van der Waals surface area contributed by atoms with E-state index in [1.807, 2.05) is 0 Å². The first-order valence-electron chi connectivity index (χ1n) is 12.9. The largest absolute Gasteiger partial charge is 0.507 e. The number of amides is 3. The molecule has 0 aromatic heterocycles. The van der Waals surface area contributed by atoms with Crippen molar-refractivity contribution in [3.63, 3.8) is 0 Å². The second-order valence-corrected chi connectivity index (χ2v) is 11.5. The lowest BCUT2D eigenvalue weighted by Gasteiger charge is -2.43. The van der Waals surface area contributed by atoms with Gasteiger partial charge in [0.15, 0.2) is 0 Å². The molecule has 0 aliphatic heterocycles. The average molecular weight is 536 g/mol. The zero-order valence-corrected chi connectivity index (χ0v) is 24.4. The first kappa shape index (κ1) is 32.7. The monoisotopic (exact) mass is 535 g/mol. The number of esters is 1. The summed E-state index contributed by atoms with van der Waals surface area (Å²) in [4.78, 5) is 53.6. The summed E-state index contributed by atoms with van der Waals surface area (Å²) in [5, 5.41) is 16.3. The summed E-state index contributed by atoms with van der Waals surface area (Å²) < 4.78 is 10.3. The molecule has 1 aromatic rings. The van der Waals surface area contributed by atoms with E-state index in [4.69, 9.17) is 9.47 Å². The van der Waals surface area contributed by atoms with Crippen LogP contribution in [0.15, 0.2) is 18.2 Å². The third kappa shape index (κ3) is 9.54. The molecule has 0 fully saturated rings. The highest BCUT2D eigenvalue weighted by molar-refractivity contribution is 5.93. The maximum Gasteiger partial charge on any atom is 0.408 e. The molecule has 38 heavy (non-hydrogen) atoms. The van der Waals surface area contributed by atoms with Crippen LogP contribution in [-0.2, 0) is 23.9 Å². The molecule has 0 heterocycles. The minimum absolute atomic E-state index is 0.0172. The molecular weight excluding hydrogens is 490 g/mol. The van der Waals surface area contributed by atoms with Crippen molar-refractivity contribution >= 4 is 23.9 Å². The van der Waals surface area contributed by atoms with E-state index in [1.54, 1.807) is 87.4 Å². The van der Waals surface area contributed by atoms with Gasteiger partial charge in [-0.05, 0) is 66.9 Å². The average Bonchev–Trinajstić information content (AvgIpc) is 2.75. The molecule has 2 atom stereocenters. The van der Waals surface area contributed by atoms with Gasteiger partial charge in [-0.1, -0.05) is 32.0 Å². The Balaban J connectivity index is 3.54. The van der Waals surface area contributed by atoms with Crippen LogP contribution in [0.2, 0.25) is 0 Å². The van der Waals surface area contributed by atoms with E-state index in [0.717, 1.165) is 0 Å². The lowest BCUT2D eigenvalue weighted by atomic mass is 9.92. The van der Waals surface area contributed by atoms with E-state index >= 15 is 0 Å². The third-order valence-electron chi connectivity index (χ3n) is 5.57. The first-order chi connectivity index (χ1) is 17.4. The Hall–Kier alpha value is -3.30. The molecule has 3 N–H and O–H groups in total. The third-order valence-corrected chi connectivity index (χ3v) is 5.57. The SMILES string of the molecule is CCOC(=O)CCNC(=O)C(c1cccc(C)c1O)N(C(=O)C(NC(=O)OC(C)(C)C)C(C)C)C(C)(C)C. The van der Waals surface area contributed by atoms with Gasteiger partial charge in [0, 0.05) is 17.6 Å². The van der Waals surface area contributed by atoms with Crippen molar-refractivity contribution in [1.29, 1.82) is 0 Å². The zero-order chi connectivity index (χ0) is 29.4. The van der Waals surface area contributed by atoms with Crippen molar-refractivity contribution in [1.82, 2.24) is 15.5 Å². The quantitative estimate of drug-likeness (QED) is 0.386. The molecule has 0 aliphatic carbocycles. The van der Waals surface area contributed by atoms with Gasteiger partial charge in [-0.15, -0.1) is 0 Å². The van der Waals surface area contributed by atoms with E-state index in [-0.39, 0.29) is 36.8 Å². The number of aromatic hydroxyl groups is 1. The number of para-hydroxylation sites is 1. The van der Waals surface area contributed by atoms with Crippen LogP contribution in [0.4, 0.5) is 4.79 Å². The van der Waals surface area contributed by atoms with Crippen molar-refractivity contribution in [3.8, 4) is 5.75 Å². The van der Waals surface area contributed by atoms with Gasteiger partial charge in [0.1, 0.15) is 23.4 Å². The second-order valence-electron chi connectivity index (χ2n) is 11.5. The Bertz CT molecular complexity index is 993. The number of rotatable bonds is 10. The Kier molecular flexibility index (Phi) is 11.6. The molecule has 10 heteroatoms. The van der Waals surface area contributed by atoms with Gasteiger partial charge in [-0.3, -0.25) is 14.4 Å². The van der Waals surface area contributed by atoms with Gasteiger partial charge in [0.2, 0.25) is 11.8 Å². The molecule has 1 rings (SSSR count). The lowest BCUT2D eigenvalue weighted by Crippen LogP contribution is -2.60. The van der Waals surface area contributed by atoms with Crippen molar-refractivity contribution in [3.05, 3.63) is 29.3 Å². The number of hydrogen-bond donors (Lipinski definition) is 3. The van der Waals surface area contributed by atoms with E-state index in [2.05, 4.69) is 10.6 Å². The Labute approximate surface area is 226 Å². The molecule has 3 amide bonds. The number of nitrogens with one attached hydrogen (secondary N) is 2. The van der Waals surface area contributed by atoms with Crippen LogP contribution in [0, 0.1) is 12.8 Å². The van der Waals surface area contributed by atoms with Crippen LogP contribution in [0.3, 0.4) is 0 Å². The Morgan fingerprint density at radius 3 is 2.16 bits per heavy atom. The molecule has 0 spiro atoms. The molecule has 0 radical (unpaired) electrons. The molecule has 10 nitrogen and oxygen atoms in total. The van der Waals surface area contributed by atoms with Crippen LogP contribution in [-0.4, -0.2) is 64.2 Å². The topological polar surface area (TPSA) is 134 Å². The molecule has 2 unspecified atom stereocenters. The summed E-state index contributed by atoms with van der Waals surface area (Å²) in [6, 6.07) is 2.68. The number of ether oxygens (including phenoxy) is 2. The summed E-state index contributed by atoms with van der Waals surface area (Å²) >= 11 is 0. The summed E-state index contributed by atoms with van der Waals surface area (Å²) in [5.74, 6) is -2.05. The predicted molar refractivity (Wildman–Crippen MR) is 144 cm³/mol. The van der Waals surface area contributed by atoms with Crippen molar-refractivity contribution < 1.29 is 33.8 Å². The van der Waals surface area contributed by atoms with Crippen molar-refractivity contribution in [2.75, 3.05) is 13.2 Å². The lowest BCUT2D eigenvalue weighted by molar-refractivity contribution is -0.149. The Morgan fingerprint density at radius 1 is 1.05 bits per heavy atom. The fraction of sp³-hybridized carbons (Fsp3) is 0.643. The maximum atomic E-state index is 14.1. The Morgan fingerprint density at radius 2 is 1.66 bits per heavy atom. The number of hydrogen-bond acceptors (Lipinski definition) is 7. The van der Waals surface area contributed by atoms with Gasteiger partial charge in [0.05, 0.1) is 13.0 Å². The van der Waals surface area contributed by atoms with E-state index < -0.39 is 47.1 Å². The summed E-state index contributed by atoms with van der Waals surface area (Å²) in [7, 11) is 0. The molecule has 0 saturated carbocycles.